The van der Waals surface area contributed by atoms with Crippen LogP contribution in [-0.2, 0) is 17.9 Å². The van der Waals surface area contributed by atoms with Gasteiger partial charge in [-0.15, -0.1) is 0 Å². The molecule has 0 aliphatic heterocycles. The van der Waals surface area contributed by atoms with E-state index in [0.717, 1.165) is 22.4 Å². The van der Waals surface area contributed by atoms with Crippen LogP contribution in [-0.4, -0.2) is 15.7 Å². The van der Waals surface area contributed by atoms with E-state index >= 15 is 0 Å². The predicted molar refractivity (Wildman–Crippen MR) is 92.1 cm³/mol. The van der Waals surface area contributed by atoms with Gasteiger partial charge in [-0.1, -0.05) is 36.4 Å². The van der Waals surface area contributed by atoms with Gasteiger partial charge < -0.3 is 5.32 Å². The molecular formula is C19H15F2N3O2. The molecular weight excluding hydrogens is 340 g/mol. The number of aromatic nitrogens is 2. The number of amides is 1. The van der Waals surface area contributed by atoms with Gasteiger partial charge in [0, 0.05) is 23.7 Å². The second-order valence-electron chi connectivity index (χ2n) is 5.56. The number of nitrogens with zero attached hydrogens (tertiary/aromatic N) is 2. The molecule has 0 unspecified atom stereocenters. The summed E-state index contributed by atoms with van der Waals surface area (Å²) in [6.07, 6.45) is 0. The molecule has 132 valence electrons. The molecule has 0 aliphatic rings. The zero-order valence-electron chi connectivity index (χ0n) is 13.7. The molecule has 0 atom stereocenters. The Labute approximate surface area is 147 Å². The maximum absolute atomic E-state index is 13.6. The Morgan fingerprint density at radius 2 is 1.65 bits per heavy atom. The van der Waals surface area contributed by atoms with Gasteiger partial charge in [-0.05, 0) is 18.2 Å². The molecule has 0 saturated carbocycles. The third kappa shape index (κ3) is 4.00. The summed E-state index contributed by atoms with van der Waals surface area (Å²) in [5, 5.41) is 6.56. The highest BCUT2D eigenvalue weighted by Gasteiger charge is 2.11. The maximum atomic E-state index is 13.6. The monoisotopic (exact) mass is 355 g/mol. The smallest absolute Gasteiger partial charge is 0.267 e. The molecule has 0 radical (unpaired) electrons. The van der Waals surface area contributed by atoms with E-state index in [-0.39, 0.29) is 18.7 Å². The first-order valence-electron chi connectivity index (χ1n) is 7.88. The van der Waals surface area contributed by atoms with Crippen LogP contribution >= 0.6 is 0 Å². The third-order valence-corrected chi connectivity index (χ3v) is 3.75. The van der Waals surface area contributed by atoms with Gasteiger partial charge in [0.1, 0.15) is 18.2 Å². The summed E-state index contributed by atoms with van der Waals surface area (Å²) in [6.45, 7) is -0.667. The molecule has 1 heterocycles. The van der Waals surface area contributed by atoms with Crippen LogP contribution in [0.3, 0.4) is 0 Å². The van der Waals surface area contributed by atoms with Crippen molar-refractivity contribution in [2.75, 3.05) is 0 Å². The quantitative estimate of drug-likeness (QED) is 0.765. The highest BCUT2D eigenvalue weighted by atomic mass is 19.1. The molecule has 2 aromatic carbocycles. The van der Waals surface area contributed by atoms with Crippen molar-refractivity contribution >= 4 is 5.91 Å². The first kappa shape index (κ1) is 17.5. The normalized spacial score (nSPS) is 10.5. The van der Waals surface area contributed by atoms with Crippen molar-refractivity contribution in [3.63, 3.8) is 0 Å². The van der Waals surface area contributed by atoms with Crippen molar-refractivity contribution in [2.45, 2.75) is 13.1 Å². The van der Waals surface area contributed by atoms with Crippen molar-refractivity contribution in [3.8, 4) is 11.3 Å². The van der Waals surface area contributed by atoms with Crippen LogP contribution in [0.15, 0.2) is 65.5 Å². The van der Waals surface area contributed by atoms with Gasteiger partial charge in [-0.2, -0.15) is 5.10 Å². The summed E-state index contributed by atoms with van der Waals surface area (Å²) in [5.41, 5.74) is 0.657. The lowest BCUT2D eigenvalue weighted by molar-refractivity contribution is -0.122. The number of hydrogen-bond acceptors (Lipinski definition) is 3. The van der Waals surface area contributed by atoms with Crippen LogP contribution in [0.25, 0.3) is 11.3 Å². The predicted octanol–water partition coefficient (Wildman–Crippen LogP) is 2.50. The molecule has 1 amide bonds. The Hall–Kier alpha value is -3.35. The molecule has 0 bridgehead atoms. The van der Waals surface area contributed by atoms with Crippen molar-refractivity contribution in [3.05, 3.63) is 88.2 Å². The number of benzene rings is 2. The number of carbonyl (C=O) groups excluding carboxylic acids is 1. The first-order chi connectivity index (χ1) is 12.5. The fourth-order valence-electron chi connectivity index (χ4n) is 2.41. The fourth-order valence-corrected chi connectivity index (χ4v) is 2.41. The van der Waals surface area contributed by atoms with Crippen LogP contribution in [0.4, 0.5) is 8.78 Å². The van der Waals surface area contributed by atoms with Crippen molar-refractivity contribution < 1.29 is 13.6 Å². The molecule has 26 heavy (non-hydrogen) atoms. The molecule has 5 nitrogen and oxygen atoms in total. The van der Waals surface area contributed by atoms with E-state index in [1.54, 1.807) is 6.07 Å². The zero-order chi connectivity index (χ0) is 18.5. The van der Waals surface area contributed by atoms with Crippen LogP contribution in [0.2, 0.25) is 0 Å². The average molecular weight is 355 g/mol. The number of halogens is 2. The Balaban J connectivity index is 1.72. The maximum Gasteiger partial charge on any atom is 0.267 e. The SMILES string of the molecule is O=C(Cn1nc(-c2ccccc2)ccc1=O)NCc1c(F)cccc1F. The summed E-state index contributed by atoms with van der Waals surface area (Å²) in [4.78, 5) is 24.0. The Kier molecular flexibility index (Phi) is 5.17. The largest absolute Gasteiger partial charge is 0.350 e. The second-order valence-corrected chi connectivity index (χ2v) is 5.56. The van der Waals surface area contributed by atoms with Crippen molar-refractivity contribution in [1.82, 2.24) is 15.1 Å². The summed E-state index contributed by atoms with van der Waals surface area (Å²) in [6, 6.07) is 15.5. The van der Waals surface area contributed by atoms with E-state index in [2.05, 4.69) is 10.4 Å². The van der Waals surface area contributed by atoms with Gasteiger partial charge >= 0.3 is 0 Å². The topological polar surface area (TPSA) is 64.0 Å². The molecule has 1 N–H and O–H groups in total. The zero-order valence-corrected chi connectivity index (χ0v) is 13.7. The first-order valence-corrected chi connectivity index (χ1v) is 7.88. The number of hydrogen-bond donors (Lipinski definition) is 1. The molecule has 0 spiro atoms. The van der Waals surface area contributed by atoms with E-state index in [4.69, 9.17) is 0 Å². The lowest BCUT2D eigenvalue weighted by atomic mass is 10.1. The molecule has 0 aliphatic carbocycles. The van der Waals surface area contributed by atoms with E-state index in [1.165, 1.54) is 12.1 Å². The number of carbonyl (C=O) groups is 1. The Morgan fingerprint density at radius 3 is 2.35 bits per heavy atom. The highest BCUT2D eigenvalue weighted by Crippen LogP contribution is 2.14. The third-order valence-electron chi connectivity index (χ3n) is 3.75. The van der Waals surface area contributed by atoms with Crippen molar-refractivity contribution in [1.29, 1.82) is 0 Å². The van der Waals surface area contributed by atoms with E-state index in [0.29, 0.717) is 5.69 Å². The molecule has 3 rings (SSSR count). The minimum atomic E-state index is -0.744. The van der Waals surface area contributed by atoms with Gasteiger partial charge in [0.25, 0.3) is 5.56 Å². The molecule has 7 heteroatoms. The minimum Gasteiger partial charge on any atom is -0.350 e. The molecule has 0 saturated heterocycles. The minimum absolute atomic E-state index is 0.237. The van der Waals surface area contributed by atoms with E-state index in [1.807, 2.05) is 30.3 Å². The fraction of sp³-hybridized carbons (Fsp3) is 0.105. The standard InChI is InChI=1S/C19H15F2N3O2/c20-15-7-4-8-16(21)14(15)11-22-18(25)12-24-19(26)10-9-17(23-24)13-5-2-1-3-6-13/h1-10H,11-12H2,(H,22,25). The lowest BCUT2D eigenvalue weighted by Crippen LogP contribution is -2.33. The van der Waals surface area contributed by atoms with Gasteiger partial charge in [0.05, 0.1) is 5.69 Å². The van der Waals surface area contributed by atoms with E-state index in [9.17, 15) is 18.4 Å². The summed E-state index contributed by atoms with van der Waals surface area (Å²) >= 11 is 0. The molecule has 3 aromatic rings. The van der Waals surface area contributed by atoms with Crippen LogP contribution < -0.4 is 10.9 Å². The summed E-state index contributed by atoms with van der Waals surface area (Å²) in [7, 11) is 0. The second kappa shape index (κ2) is 7.69. The lowest BCUT2D eigenvalue weighted by Gasteiger charge is -2.09. The summed E-state index contributed by atoms with van der Waals surface area (Å²) in [5.74, 6) is -2.06. The van der Waals surface area contributed by atoms with E-state index < -0.39 is 23.1 Å². The van der Waals surface area contributed by atoms with Gasteiger partial charge in [0.15, 0.2) is 0 Å². The Morgan fingerprint density at radius 1 is 0.962 bits per heavy atom. The molecule has 1 aromatic heterocycles. The number of rotatable bonds is 5. The van der Waals surface area contributed by atoms with Crippen LogP contribution in [0, 0.1) is 11.6 Å². The average Bonchev–Trinajstić information content (AvgIpc) is 2.64. The van der Waals surface area contributed by atoms with Gasteiger partial charge in [-0.25, -0.2) is 13.5 Å². The van der Waals surface area contributed by atoms with Gasteiger partial charge in [-0.3, -0.25) is 9.59 Å². The van der Waals surface area contributed by atoms with Crippen LogP contribution in [0.5, 0.6) is 0 Å². The summed E-state index contributed by atoms with van der Waals surface area (Å²) < 4.78 is 28.2. The van der Waals surface area contributed by atoms with Crippen molar-refractivity contribution in [2.24, 2.45) is 0 Å². The molecule has 0 fully saturated rings. The van der Waals surface area contributed by atoms with Gasteiger partial charge in [0.2, 0.25) is 5.91 Å². The number of nitrogens with one attached hydrogen (secondary N) is 1. The highest BCUT2D eigenvalue weighted by molar-refractivity contribution is 5.75. The Bertz CT molecular complexity index is 967. The van der Waals surface area contributed by atoms with Crippen LogP contribution in [0.1, 0.15) is 5.56 Å².